The summed E-state index contributed by atoms with van der Waals surface area (Å²) >= 11 is 0. The lowest BCUT2D eigenvalue weighted by atomic mass is 10.2. The minimum absolute atomic E-state index is 0.273. The van der Waals surface area contributed by atoms with E-state index in [4.69, 9.17) is 5.26 Å². The standard InChI is InChI=1S/C11H11FN2O2S/c12-10-5-1-2-6-11(10)17(15,16)14-7-3-4-9(14)8-13/h1-2,5-6,9H,3-4,7H2. The summed E-state index contributed by atoms with van der Waals surface area (Å²) < 4.78 is 38.9. The van der Waals surface area contributed by atoms with Gasteiger partial charge in [-0.25, -0.2) is 12.8 Å². The molecule has 90 valence electrons. The molecule has 1 aromatic rings. The van der Waals surface area contributed by atoms with Gasteiger partial charge in [-0.1, -0.05) is 12.1 Å². The fourth-order valence-corrected chi connectivity index (χ4v) is 3.61. The molecule has 1 aliphatic rings. The van der Waals surface area contributed by atoms with E-state index >= 15 is 0 Å². The van der Waals surface area contributed by atoms with Crippen LogP contribution in [-0.2, 0) is 10.0 Å². The number of sulfonamides is 1. The second-order valence-electron chi connectivity index (χ2n) is 3.83. The summed E-state index contributed by atoms with van der Waals surface area (Å²) in [4.78, 5) is -0.359. The number of hydrogen-bond donors (Lipinski definition) is 0. The molecule has 1 aliphatic heterocycles. The van der Waals surface area contributed by atoms with Crippen molar-refractivity contribution in [1.29, 1.82) is 5.26 Å². The van der Waals surface area contributed by atoms with E-state index in [2.05, 4.69) is 0 Å². The van der Waals surface area contributed by atoms with E-state index in [0.717, 1.165) is 10.4 Å². The molecular weight excluding hydrogens is 243 g/mol. The Morgan fingerprint density at radius 1 is 1.41 bits per heavy atom. The lowest BCUT2D eigenvalue weighted by molar-refractivity contribution is 0.432. The highest BCUT2D eigenvalue weighted by atomic mass is 32.2. The van der Waals surface area contributed by atoms with E-state index in [-0.39, 0.29) is 11.4 Å². The van der Waals surface area contributed by atoms with Crippen LogP contribution in [0.15, 0.2) is 29.2 Å². The van der Waals surface area contributed by atoms with Crippen LogP contribution < -0.4 is 0 Å². The molecule has 0 aromatic heterocycles. The van der Waals surface area contributed by atoms with Crippen molar-refractivity contribution >= 4 is 10.0 Å². The predicted octanol–water partition coefficient (Wildman–Crippen LogP) is 1.50. The smallest absolute Gasteiger partial charge is 0.207 e. The molecule has 1 heterocycles. The second-order valence-corrected chi connectivity index (χ2v) is 5.69. The molecule has 1 unspecified atom stereocenters. The van der Waals surface area contributed by atoms with Gasteiger partial charge in [-0.3, -0.25) is 0 Å². The van der Waals surface area contributed by atoms with Gasteiger partial charge in [-0.2, -0.15) is 9.57 Å². The van der Waals surface area contributed by atoms with Crippen LogP contribution in [0.2, 0.25) is 0 Å². The lowest BCUT2D eigenvalue weighted by Gasteiger charge is -2.19. The van der Waals surface area contributed by atoms with Crippen LogP contribution in [0, 0.1) is 17.1 Å². The number of nitriles is 1. The SMILES string of the molecule is N#CC1CCCN1S(=O)(=O)c1ccccc1F. The van der Waals surface area contributed by atoms with Crippen LogP contribution in [0.25, 0.3) is 0 Å². The van der Waals surface area contributed by atoms with Crippen molar-refractivity contribution < 1.29 is 12.8 Å². The maximum Gasteiger partial charge on any atom is 0.247 e. The molecule has 0 aliphatic carbocycles. The van der Waals surface area contributed by atoms with E-state index in [1.165, 1.54) is 18.2 Å². The van der Waals surface area contributed by atoms with Crippen LogP contribution in [0.5, 0.6) is 0 Å². The molecule has 2 rings (SSSR count). The van der Waals surface area contributed by atoms with Crippen LogP contribution in [-0.4, -0.2) is 25.3 Å². The predicted molar refractivity (Wildman–Crippen MR) is 58.9 cm³/mol. The summed E-state index contributed by atoms with van der Waals surface area (Å²) in [7, 11) is -3.89. The highest BCUT2D eigenvalue weighted by molar-refractivity contribution is 7.89. The zero-order valence-electron chi connectivity index (χ0n) is 9.01. The Balaban J connectivity index is 2.45. The van der Waals surface area contributed by atoms with Gasteiger partial charge >= 0.3 is 0 Å². The third-order valence-corrected chi connectivity index (χ3v) is 4.72. The molecule has 1 aromatic carbocycles. The number of hydrogen-bond acceptors (Lipinski definition) is 3. The number of halogens is 1. The fourth-order valence-electron chi connectivity index (χ4n) is 1.94. The van der Waals surface area contributed by atoms with Crippen LogP contribution in [0.3, 0.4) is 0 Å². The van der Waals surface area contributed by atoms with E-state index < -0.39 is 21.9 Å². The Bertz CT molecular complexity index is 565. The van der Waals surface area contributed by atoms with Crippen molar-refractivity contribution in [1.82, 2.24) is 4.31 Å². The summed E-state index contributed by atoms with van der Waals surface area (Å²) in [5.41, 5.74) is 0. The Morgan fingerprint density at radius 2 is 2.12 bits per heavy atom. The summed E-state index contributed by atoms with van der Waals surface area (Å²) in [5, 5.41) is 8.87. The first-order valence-electron chi connectivity index (χ1n) is 5.23. The summed E-state index contributed by atoms with van der Waals surface area (Å²) in [6, 6.07) is 6.47. The first-order chi connectivity index (χ1) is 8.07. The summed E-state index contributed by atoms with van der Waals surface area (Å²) in [6.07, 6.45) is 1.14. The van der Waals surface area contributed by atoms with Gasteiger partial charge in [-0.05, 0) is 25.0 Å². The first kappa shape index (κ1) is 12.0. The maximum atomic E-state index is 13.5. The monoisotopic (exact) mass is 254 g/mol. The molecule has 6 heteroatoms. The Kier molecular flexibility index (Phi) is 3.13. The van der Waals surface area contributed by atoms with Crippen molar-refractivity contribution in [3.8, 4) is 6.07 Å². The van der Waals surface area contributed by atoms with Gasteiger partial charge in [0, 0.05) is 6.54 Å². The molecule has 0 amide bonds. The summed E-state index contributed by atoms with van der Waals surface area (Å²) in [6.45, 7) is 0.273. The normalized spacial score (nSPS) is 21.3. The van der Waals surface area contributed by atoms with Gasteiger partial charge < -0.3 is 0 Å². The zero-order valence-corrected chi connectivity index (χ0v) is 9.82. The molecule has 0 N–H and O–H groups in total. The average molecular weight is 254 g/mol. The van der Waals surface area contributed by atoms with Crippen molar-refractivity contribution in [2.75, 3.05) is 6.54 Å². The van der Waals surface area contributed by atoms with Gasteiger partial charge in [0.15, 0.2) is 0 Å². The lowest BCUT2D eigenvalue weighted by Crippen LogP contribution is -2.35. The first-order valence-corrected chi connectivity index (χ1v) is 6.67. The van der Waals surface area contributed by atoms with Crippen LogP contribution in [0.1, 0.15) is 12.8 Å². The molecule has 0 spiro atoms. The van der Waals surface area contributed by atoms with E-state index in [0.29, 0.717) is 12.8 Å². The molecule has 1 atom stereocenters. The maximum absolute atomic E-state index is 13.5. The van der Waals surface area contributed by atoms with Gasteiger partial charge in [0.25, 0.3) is 0 Å². The minimum Gasteiger partial charge on any atom is -0.207 e. The van der Waals surface area contributed by atoms with E-state index in [9.17, 15) is 12.8 Å². The highest BCUT2D eigenvalue weighted by Gasteiger charge is 2.36. The molecule has 17 heavy (non-hydrogen) atoms. The number of rotatable bonds is 2. The quantitative estimate of drug-likeness (QED) is 0.803. The van der Waals surface area contributed by atoms with Crippen molar-refractivity contribution in [2.24, 2.45) is 0 Å². The van der Waals surface area contributed by atoms with E-state index in [1.807, 2.05) is 6.07 Å². The van der Waals surface area contributed by atoms with Gasteiger partial charge in [0.05, 0.1) is 6.07 Å². The van der Waals surface area contributed by atoms with Gasteiger partial charge in [0.2, 0.25) is 10.0 Å². The second kappa shape index (κ2) is 4.43. The topological polar surface area (TPSA) is 61.2 Å². The molecule has 1 saturated heterocycles. The van der Waals surface area contributed by atoms with E-state index in [1.54, 1.807) is 0 Å². The Labute approximate surface area is 99.3 Å². The van der Waals surface area contributed by atoms with Crippen LogP contribution >= 0.6 is 0 Å². The molecule has 4 nitrogen and oxygen atoms in total. The van der Waals surface area contributed by atoms with Crippen molar-refractivity contribution in [3.05, 3.63) is 30.1 Å². The molecule has 0 radical (unpaired) electrons. The van der Waals surface area contributed by atoms with Crippen molar-refractivity contribution in [3.63, 3.8) is 0 Å². The number of benzene rings is 1. The third-order valence-electron chi connectivity index (χ3n) is 2.78. The highest BCUT2D eigenvalue weighted by Crippen LogP contribution is 2.26. The molecular formula is C11H11FN2O2S. The molecule has 1 fully saturated rings. The Morgan fingerprint density at radius 3 is 2.76 bits per heavy atom. The average Bonchev–Trinajstić information content (AvgIpc) is 2.78. The zero-order chi connectivity index (χ0) is 12.5. The Hall–Kier alpha value is -1.45. The van der Waals surface area contributed by atoms with Crippen molar-refractivity contribution in [2.45, 2.75) is 23.8 Å². The minimum atomic E-state index is -3.89. The number of nitrogens with zero attached hydrogens (tertiary/aromatic N) is 2. The van der Waals surface area contributed by atoms with Gasteiger partial charge in [0.1, 0.15) is 16.8 Å². The largest absolute Gasteiger partial charge is 0.247 e. The van der Waals surface area contributed by atoms with Crippen LogP contribution in [0.4, 0.5) is 4.39 Å². The summed E-state index contributed by atoms with van der Waals surface area (Å²) in [5.74, 6) is -0.781. The van der Waals surface area contributed by atoms with Gasteiger partial charge in [-0.15, -0.1) is 0 Å². The third kappa shape index (κ3) is 2.04. The molecule has 0 saturated carbocycles. The molecule has 0 bridgehead atoms. The fraction of sp³-hybridized carbons (Fsp3) is 0.364.